The fourth-order valence-electron chi connectivity index (χ4n) is 11.3. The Bertz CT molecular complexity index is 841. The van der Waals surface area contributed by atoms with Crippen molar-refractivity contribution in [2.45, 2.75) is 131 Å². The average Bonchev–Trinajstić information content (AvgIpc) is 3.37. The van der Waals surface area contributed by atoms with Crippen LogP contribution in [0.4, 0.5) is 0 Å². The van der Waals surface area contributed by atoms with Crippen LogP contribution in [0.1, 0.15) is 125 Å². The number of nitrogens with two attached hydrogens (primary N) is 2. The van der Waals surface area contributed by atoms with Gasteiger partial charge in [-0.3, -0.25) is 4.79 Å². The van der Waals surface area contributed by atoms with Crippen LogP contribution in [0, 0.1) is 46.3 Å². The third kappa shape index (κ3) is 8.00. The molecule has 6 heteroatoms. The molecule has 0 aromatic carbocycles. The van der Waals surface area contributed by atoms with Gasteiger partial charge in [0.05, 0.1) is 0 Å². The molecule has 0 heterocycles. The van der Waals surface area contributed by atoms with Crippen molar-refractivity contribution in [2.75, 3.05) is 52.4 Å². The highest BCUT2D eigenvalue weighted by atomic mass is 16.2. The molecule has 4 aliphatic carbocycles. The Morgan fingerprint density at radius 2 is 1.51 bits per heavy atom. The molecule has 4 rings (SSSR count). The number of nitrogens with one attached hydrogen (secondary N) is 1. The van der Waals surface area contributed by atoms with E-state index in [1.165, 1.54) is 64.2 Å². The van der Waals surface area contributed by atoms with Gasteiger partial charge < -0.3 is 26.6 Å². The number of rotatable bonds is 17. The Balaban J connectivity index is 1.27. The summed E-state index contributed by atoms with van der Waals surface area (Å²) in [5, 5.41) is 4.00. The first-order chi connectivity index (χ1) is 20.7. The summed E-state index contributed by atoms with van der Waals surface area (Å²) in [6.45, 7) is 19.9. The lowest BCUT2D eigenvalue weighted by molar-refractivity contribution is -0.131. The summed E-state index contributed by atoms with van der Waals surface area (Å²) in [7, 11) is 0. The number of fused-ring (bicyclic) bond motifs is 5. The summed E-state index contributed by atoms with van der Waals surface area (Å²) in [6.07, 6.45) is 18.0. The molecule has 4 fully saturated rings. The lowest BCUT2D eigenvalue weighted by Gasteiger charge is -2.61. The van der Waals surface area contributed by atoms with E-state index in [9.17, 15) is 4.79 Å². The first kappa shape index (κ1) is 35.2. The number of hydrogen-bond acceptors (Lipinski definition) is 5. The normalized spacial score (nSPS) is 36.2. The highest BCUT2D eigenvalue weighted by Crippen LogP contribution is 2.68. The van der Waals surface area contributed by atoms with Crippen molar-refractivity contribution in [3.8, 4) is 0 Å². The third-order valence-electron chi connectivity index (χ3n) is 13.8. The third-order valence-corrected chi connectivity index (χ3v) is 13.8. The van der Waals surface area contributed by atoms with Gasteiger partial charge in [-0.05, 0) is 183 Å². The van der Waals surface area contributed by atoms with Crippen LogP contribution in [-0.2, 0) is 4.79 Å². The molecular weight excluding hydrogens is 530 g/mol. The van der Waals surface area contributed by atoms with Gasteiger partial charge in [0.1, 0.15) is 0 Å². The molecule has 43 heavy (non-hydrogen) atoms. The Hall–Kier alpha value is -0.690. The van der Waals surface area contributed by atoms with E-state index in [0.717, 1.165) is 108 Å². The summed E-state index contributed by atoms with van der Waals surface area (Å²) in [5.74, 6) is 5.50. The van der Waals surface area contributed by atoms with Crippen molar-refractivity contribution in [1.29, 1.82) is 0 Å². The maximum Gasteiger partial charge on any atom is 0.222 e. The van der Waals surface area contributed by atoms with Crippen LogP contribution < -0.4 is 16.8 Å². The van der Waals surface area contributed by atoms with Gasteiger partial charge in [-0.15, -0.1) is 0 Å². The number of carbonyl (C=O) groups is 1. The van der Waals surface area contributed by atoms with E-state index in [1.807, 2.05) is 4.90 Å². The molecule has 0 aromatic heterocycles. The van der Waals surface area contributed by atoms with Gasteiger partial charge >= 0.3 is 0 Å². The predicted octanol–water partition coefficient (Wildman–Crippen LogP) is 6.28. The Labute approximate surface area is 266 Å². The first-order valence-electron chi connectivity index (χ1n) is 18.8. The molecule has 4 unspecified atom stereocenters. The van der Waals surface area contributed by atoms with Gasteiger partial charge in [-0.1, -0.05) is 20.8 Å². The van der Waals surface area contributed by atoms with Gasteiger partial charge in [-0.25, -0.2) is 0 Å². The zero-order valence-electron chi connectivity index (χ0n) is 29.1. The smallest absolute Gasteiger partial charge is 0.222 e. The van der Waals surface area contributed by atoms with Gasteiger partial charge in [0, 0.05) is 25.6 Å². The van der Waals surface area contributed by atoms with Crippen LogP contribution in [0.25, 0.3) is 0 Å². The first-order valence-corrected chi connectivity index (χ1v) is 18.8. The minimum Gasteiger partial charge on any atom is -0.343 e. The van der Waals surface area contributed by atoms with Crippen molar-refractivity contribution >= 4 is 5.91 Å². The van der Waals surface area contributed by atoms with Gasteiger partial charge in [-0.2, -0.15) is 0 Å². The van der Waals surface area contributed by atoms with Crippen LogP contribution in [-0.4, -0.2) is 74.1 Å². The van der Waals surface area contributed by atoms with Crippen LogP contribution in [0.5, 0.6) is 0 Å². The second kappa shape index (κ2) is 16.2. The second-order valence-electron chi connectivity index (χ2n) is 15.9. The molecule has 0 aromatic rings. The molecule has 1 amide bonds. The summed E-state index contributed by atoms with van der Waals surface area (Å²) < 4.78 is 0. The number of hydrogen-bond donors (Lipinski definition) is 3. The highest BCUT2D eigenvalue weighted by molar-refractivity contribution is 5.76. The number of nitrogens with zero attached hydrogens (tertiary/aromatic N) is 2. The molecule has 0 aliphatic heterocycles. The van der Waals surface area contributed by atoms with Crippen LogP contribution in [0.15, 0.2) is 0 Å². The van der Waals surface area contributed by atoms with E-state index in [1.54, 1.807) is 0 Å². The highest BCUT2D eigenvalue weighted by Gasteiger charge is 2.60. The SMILES string of the molecule is CCN(CC)C(=O)CC[C@@H](C)[C@H]1CCC2C3CCC4C[C@@H](NCCCN(CCCN)CCCN)CC[C@]4(C)C3CC[C@@]21C. The van der Waals surface area contributed by atoms with Crippen LogP contribution in [0.3, 0.4) is 0 Å². The van der Waals surface area contributed by atoms with E-state index >= 15 is 0 Å². The summed E-state index contributed by atoms with van der Waals surface area (Å²) in [4.78, 5) is 17.3. The summed E-state index contributed by atoms with van der Waals surface area (Å²) in [5.41, 5.74) is 12.6. The van der Waals surface area contributed by atoms with Crippen molar-refractivity contribution < 1.29 is 4.79 Å². The van der Waals surface area contributed by atoms with Crippen molar-refractivity contribution in [2.24, 2.45) is 57.8 Å². The quantitative estimate of drug-likeness (QED) is 0.171. The number of carbonyl (C=O) groups excluding carboxylic acids is 1. The maximum absolute atomic E-state index is 12.7. The lowest BCUT2D eigenvalue weighted by Crippen LogP contribution is -2.55. The van der Waals surface area contributed by atoms with E-state index in [-0.39, 0.29) is 0 Å². The molecule has 0 spiro atoms. The molecular formula is C37H71N5O. The minimum absolute atomic E-state index is 0.364. The molecule has 6 nitrogen and oxygen atoms in total. The Kier molecular flexibility index (Phi) is 13.3. The predicted molar refractivity (Wildman–Crippen MR) is 182 cm³/mol. The molecule has 250 valence electrons. The Morgan fingerprint density at radius 3 is 2.19 bits per heavy atom. The monoisotopic (exact) mass is 602 g/mol. The zero-order chi connectivity index (χ0) is 31.0. The topological polar surface area (TPSA) is 87.6 Å². The maximum atomic E-state index is 12.7. The standard InChI is InChI=1S/C37H71N5O/c1-6-42(7-2)35(43)16-11-28(3)32-14-15-33-31-13-12-29-27-30(17-19-36(29,4)34(31)18-20-37(32,33)5)40-23-10-26-41(24-8-21-38)25-9-22-39/h28-34,40H,6-27,38-39H2,1-5H3/t28-,29?,30+,31?,32-,33?,34?,36+,37-/m1/s1. The van der Waals surface area contributed by atoms with Gasteiger partial charge in [0.25, 0.3) is 0 Å². The van der Waals surface area contributed by atoms with Crippen molar-refractivity contribution in [1.82, 2.24) is 15.1 Å². The van der Waals surface area contributed by atoms with Crippen molar-refractivity contribution in [3.05, 3.63) is 0 Å². The van der Waals surface area contributed by atoms with E-state index in [2.05, 4.69) is 44.8 Å². The fraction of sp³-hybridized carbons (Fsp3) is 0.973. The second-order valence-corrected chi connectivity index (χ2v) is 15.9. The van der Waals surface area contributed by atoms with Crippen molar-refractivity contribution in [3.63, 3.8) is 0 Å². The average molecular weight is 602 g/mol. The molecule has 4 saturated carbocycles. The molecule has 0 bridgehead atoms. The number of amides is 1. The largest absolute Gasteiger partial charge is 0.343 e. The summed E-state index contributed by atoms with van der Waals surface area (Å²) in [6, 6.07) is 0.709. The fourth-order valence-corrected chi connectivity index (χ4v) is 11.3. The minimum atomic E-state index is 0.364. The molecule has 9 atom stereocenters. The molecule has 0 radical (unpaired) electrons. The van der Waals surface area contributed by atoms with E-state index < -0.39 is 0 Å². The molecule has 0 saturated heterocycles. The van der Waals surface area contributed by atoms with Gasteiger partial charge in [0.15, 0.2) is 0 Å². The Morgan fingerprint density at radius 1 is 0.860 bits per heavy atom. The molecule has 5 N–H and O–H groups in total. The van der Waals surface area contributed by atoms with Crippen LogP contribution >= 0.6 is 0 Å². The van der Waals surface area contributed by atoms with E-state index in [0.29, 0.717) is 28.7 Å². The zero-order valence-corrected chi connectivity index (χ0v) is 29.1. The molecule has 4 aliphatic rings. The van der Waals surface area contributed by atoms with E-state index in [4.69, 9.17) is 11.5 Å². The van der Waals surface area contributed by atoms with Gasteiger partial charge in [0.2, 0.25) is 5.91 Å². The lowest BCUT2D eigenvalue weighted by atomic mass is 9.44. The van der Waals surface area contributed by atoms with Crippen LogP contribution in [0.2, 0.25) is 0 Å². The summed E-state index contributed by atoms with van der Waals surface area (Å²) >= 11 is 0.